The van der Waals surface area contributed by atoms with Crippen molar-refractivity contribution in [1.29, 1.82) is 0 Å². The molecule has 0 heterocycles. The zero-order chi connectivity index (χ0) is 12.3. The monoisotopic (exact) mass is 292 g/mol. The third-order valence-electron chi connectivity index (χ3n) is 2.42. The first kappa shape index (κ1) is 12.0. The molecule has 0 atom stereocenters. The molecule has 0 aliphatic heterocycles. The molecule has 1 N–H and O–H groups in total. The van der Waals surface area contributed by atoms with Gasteiger partial charge in [-0.3, -0.25) is 0 Å². The summed E-state index contributed by atoms with van der Waals surface area (Å²) >= 11 is 3.40. The van der Waals surface area contributed by atoms with Gasteiger partial charge in [-0.25, -0.2) is 0 Å². The molecule has 2 aromatic rings. The molecular weight excluding hydrogens is 280 g/mol. The van der Waals surface area contributed by atoms with Crippen molar-refractivity contribution in [2.24, 2.45) is 0 Å². The summed E-state index contributed by atoms with van der Waals surface area (Å²) in [6.07, 6.45) is 0. The zero-order valence-corrected chi connectivity index (χ0v) is 11.1. The van der Waals surface area contributed by atoms with E-state index in [9.17, 15) is 5.11 Å². The Bertz CT molecular complexity index is 523. The van der Waals surface area contributed by atoms with Gasteiger partial charge in [0.05, 0.1) is 0 Å². The highest BCUT2D eigenvalue weighted by Crippen LogP contribution is 2.23. The van der Waals surface area contributed by atoms with Gasteiger partial charge in [0, 0.05) is 10.0 Å². The van der Waals surface area contributed by atoms with E-state index < -0.39 is 0 Å². The molecule has 0 bridgehead atoms. The van der Waals surface area contributed by atoms with Crippen LogP contribution in [0.1, 0.15) is 11.1 Å². The fraction of sp³-hybridized carbons (Fsp3) is 0.143. The Kier molecular flexibility index (Phi) is 3.69. The minimum Gasteiger partial charge on any atom is -0.508 e. The number of phenolic OH excluding ortho intramolecular Hbond substituents is 1. The maximum atomic E-state index is 9.29. The Morgan fingerprint density at radius 2 is 2.00 bits per heavy atom. The highest BCUT2D eigenvalue weighted by molar-refractivity contribution is 9.10. The number of benzene rings is 2. The Morgan fingerprint density at radius 3 is 2.71 bits per heavy atom. The minimum atomic E-state index is 0.246. The van der Waals surface area contributed by atoms with Crippen LogP contribution >= 0.6 is 15.9 Å². The van der Waals surface area contributed by atoms with Crippen LogP contribution in [0.4, 0.5) is 0 Å². The predicted molar refractivity (Wildman–Crippen MR) is 71.3 cm³/mol. The molecule has 0 aliphatic rings. The summed E-state index contributed by atoms with van der Waals surface area (Å²) in [5.41, 5.74) is 2.18. The van der Waals surface area contributed by atoms with Crippen LogP contribution in [0.15, 0.2) is 46.9 Å². The van der Waals surface area contributed by atoms with Gasteiger partial charge in [-0.05, 0) is 36.8 Å². The van der Waals surface area contributed by atoms with E-state index in [1.165, 1.54) is 5.56 Å². The fourth-order valence-corrected chi connectivity index (χ4v) is 2.00. The molecule has 2 nitrogen and oxygen atoms in total. The summed E-state index contributed by atoms with van der Waals surface area (Å²) in [5.74, 6) is 1.10. The van der Waals surface area contributed by atoms with Gasteiger partial charge in [0.1, 0.15) is 18.1 Å². The van der Waals surface area contributed by atoms with Crippen LogP contribution in [0.2, 0.25) is 0 Å². The lowest BCUT2D eigenvalue weighted by atomic mass is 10.2. The molecule has 3 heteroatoms. The summed E-state index contributed by atoms with van der Waals surface area (Å²) in [7, 11) is 0. The average Bonchev–Trinajstić information content (AvgIpc) is 2.28. The van der Waals surface area contributed by atoms with E-state index in [1.54, 1.807) is 12.1 Å². The summed E-state index contributed by atoms with van der Waals surface area (Å²) in [6.45, 7) is 2.51. The van der Waals surface area contributed by atoms with Crippen LogP contribution in [0.25, 0.3) is 0 Å². The molecule has 2 aromatic carbocycles. The van der Waals surface area contributed by atoms with Gasteiger partial charge < -0.3 is 9.84 Å². The van der Waals surface area contributed by atoms with E-state index in [0.29, 0.717) is 6.61 Å². The summed E-state index contributed by atoms with van der Waals surface area (Å²) in [6, 6.07) is 13.1. The number of ether oxygens (including phenoxy) is 1. The molecule has 88 valence electrons. The van der Waals surface area contributed by atoms with E-state index in [4.69, 9.17) is 4.74 Å². The molecule has 0 fully saturated rings. The van der Waals surface area contributed by atoms with Crippen LogP contribution in [0.3, 0.4) is 0 Å². The fourth-order valence-electron chi connectivity index (χ4n) is 1.52. The van der Waals surface area contributed by atoms with Crippen molar-refractivity contribution >= 4 is 15.9 Å². The molecule has 0 unspecified atom stereocenters. The number of rotatable bonds is 3. The first-order valence-electron chi connectivity index (χ1n) is 5.32. The number of phenols is 1. The SMILES string of the molecule is Cc1cccc(OCc2ccc(O)cc2Br)c1. The molecule has 0 radical (unpaired) electrons. The van der Waals surface area contributed by atoms with Crippen LogP contribution in [-0.4, -0.2) is 5.11 Å². The standard InChI is InChI=1S/C14H13BrO2/c1-10-3-2-4-13(7-10)17-9-11-5-6-12(16)8-14(11)15/h2-8,16H,9H2,1H3. The summed E-state index contributed by atoms with van der Waals surface area (Å²) in [5, 5.41) is 9.29. The second-order valence-electron chi connectivity index (χ2n) is 3.88. The van der Waals surface area contributed by atoms with Gasteiger partial charge in [0.15, 0.2) is 0 Å². The van der Waals surface area contributed by atoms with Crippen LogP contribution in [-0.2, 0) is 6.61 Å². The highest BCUT2D eigenvalue weighted by Gasteiger charge is 2.02. The van der Waals surface area contributed by atoms with Gasteiger partial charge in [-0.15, -0.1) is 0 Å². The van der Waals surface area contributed by atoms with E-state index >= 15 is 0 Å². The van der Waals surface area contributed by atoms with E-state index in [2.05, 4.69) is 15.9 Å². The molecule has 0 aliphatic carbocycles. The molecule has 0 amide bonds. The zero-order valence-electron chi connectivity index (χ0n) is 9.48. The lowest BCUT2D eigenvalue weighted by Crippen LogP contribution is -1.96. The predicted octanol–water partition coefficient (Wildman–Crippen LogP) is 4.04. The highest BCUT2D eigenvalue weighted by atomic mass is 79.9. The van der Waals surface area contributed by atoms with Crippen molar-refractivity contribution in [2.75, 3.05) is 0 Å². The Hall–Kier alpha value is -1.48. The molecule has 0 saturated carbocycles. The number of hydrogen-bond acceptors (Lipinski definition) is 2. The minimum absolute atomic E-state index is 0.246. The maximum Gasteiger partial charge on any atom is 0.120 e. The maximum absolute atomic E-state index is 9.29. The Balaban J connectivity index is 2.07. The number of halogens is 1. The van der Waals surface area contributed by atoms with Crippen molar-refractivity contribution in [3.63, 3.8) is 0 Å². The van der Waals surface area contributed by atoms with Gasteiger partial charge in [0.25, 0.3) is 0 Å². The van der Waals surface area contributed by atoms with E-state index in [0.717, 1.165) is 15.8 Å². The average molecular weight is 293 g/mol. The van der Waals surface area contributed by atoms with Gasteiger partial charge in [0.2, 0.25) is 0 Å². The Labute approximate surface area is 109 Å². The third kappa shape index (κ3) is 3.24. The van der Waals surface area contributed by atoms with Crippen molar-refractivity contribution < 1.29 is 9.84 Å². The number of hydrogen-bond donors (Lipinski definition) is 1. The smallest absolute Gasteiger partial charge is 0.120 e. The van der Waals surface area contributed by atoms with Crippen molar-refractivity contribution in [3.8, 4) is 11.5 Å². The number of aromatic hydroxyl groups is 1. The summed E-state index contributed by atoms with van der Waals surface area (Å²) < 4.78 is 6.53. The van der Waals surface area contributed by atoms with Crippen molar-refractivity contribution in [1.82, 2.24) is 0 Å². The van der Waals surface area contributed by atoms with Crippen LogP contribution in [0.5, 0.6) is 11.5 Å². The molecule has 2 rings (SSSR count). The second kappa shape index (κ2) is 5.23. The van der Waals surface area contributed by atoms with E-state index in [-0.39, 0.29) is 5.75 Å². The largest absolute Gasteiger partial charge is 0.508 e. The molecule has 0 spiro atoms. The molecule has 0 aromatic heterocycles. The normalized spacial score (nSPS) is 10.2. The van der Waals surface area contributed by atoms with Crippen LogP contribution < -0.4 is 4.74 Å². The first-order chi connectivity index (χ1) is 8.15. The molecule has 17 heavy (non-hydrogen) atoms. The Morgan fingerprint density at radius 1 is 1.18 bits per heavy atom. The lowest BCUT2D eigenvalue weighted by molar-refractivity contribution is 0.305. The van der Waals surface area contributed by atoms with Gasteiger partial charge in [-0.1, -0.05) is 34.1 Å². The lowest BCUT2D eigenvalue weighted by Gasteiger charge is -2.08. The van der Waals surface area contributed by atoms with Crippen molar-refractivity contribution in [3.05, 3.63) is 58.1 Å². The van der Waals surface area contributed by atoms with Gasteiger partial charge >= 0.3 is 0 Å². The quantitative estimate of drug-likeness (QED) is 0.925. The first-order valence-corrected chi connectivity index (χ1v) is 6.11. The summed E-state index contributed by atoms with van der Waals surface area (Å²) in [4.78, 5) is 0. The topological polar surface area (TPSA) is 29.5 Å². The van der Waals surface area contributed by atoms with Crippen LogP contribution in [0, 0.1) is 6.92 Å². The molecular formula is C14H13BrO2. The number of aryl methyl sites for hydroxylation is 1. The van der Waals surface area contributed by atoms with Crippen molar-refractivity contribution in [2.45, 2.75) is 13.5 Å². The second-order valence-corrected chi connectivity index (χ2v) is 4.74. The third-order valence-corrected chi connectivity index (χ3v) is 3.16. The van der Waals surface area contributed by atoms with E-state index in [1.807, 2.05) is 37.3 Å². The van der Waals surface area contributed by atoms with Gasteiger partial charge in [-0.2, -0.15) is 0 Å². The molecule has 0 saturated heterocycles.